The highest BCUT2D eigenvalue weighted by atomic mass is 19.1. The number of aliphatic hydroxyl groups is 1. The number of hydrogen-bond acceptors (Lipinski definition) is 3. The lowest BCUT2D eigenvalue weighted by molar-refractivity contribution is -0.0615. The van der Waals surface area contributed by atoms with Crippen LogP contribution >= 0.6 is 0 Å². The van der Waals surface area contributed by atoms with E-state index >= 15 is 0 Å². The molecule has 4 heterocycles. The van der Waals surface area contributed by atoms with Gasteiger partial charge in [-0.1, -0.05) is 39.0 Å². The van der Waals surface area contributed by atoms with Gasteiger partial charge in [0.1, 0.15) is 11.5 Å². The van der Waals surface area contributed by atoms with Crippen LogP contribution in [-0.2, 0) is 17.6 Å². The third kappa shape index (κ3) is 3.15. The van der Waals surface area contributed by atoms with Gasteiger partial charge in [-0.15, -0.1) is 0 Å². The molecule has 2 aliphatic heterocycles. The molecule has 3 atom stereocenters. The second-order valence-electron chi connectivity index (χ2n) is 10.1. The average molecular weight is 408 g/mol. The fourth-order valence-corrected chi connectivity index (χ4v) is 5.70. The molecule has 30 heavy (non-hydrogen) atoms. The van der Waals surface area contributed by atoms with Crippen molar-refractivity contribution in [2.75, 3.05) is 0 Å². The lowest BCUT2D eigenvalue weighted by Gasteiger charge is -2.44. The Morgan fingerprint density at radius 1 is 1.13 bits per heavy atom. The van der Waals surface area contributed by atoms with E-state index in [1.165, 1.54) is 22.7 Å². The zero-order valence-corrected chi connectivity index (χ0v) is 18.0. The van der Waals surface area contributed by atoms with Crippen LogP contribution in [0, 0.1) is 5.82 Å². The van der Waals surface area contributed by atoms with E-state index in [0.29, 0.717) is 18.4 Å². The molecule has 158 valence electrons. The topological polar surface area (TPSA) is 52.2 Å². The first kappa shape index (κ1) is 19.7. The van der Waals surface area contributed by atoms with Crippen molar-refractivity contribution in [1.29, 1.82) is 0 Å². The SMILES string of the molecule is CC(C)(C)c1[nH]c2ncccc2c1CN1[C@@H]2CC[C@H]1CC(O)(c1ccccc1F)C2. The van der Waals surface area contributed by atoms with Gasteiger partial charge in [0.15, 0.2) is 0 Å². The van der Waals surface area contributed by atoms with Crippen molar-refractivity contribution in [2.24, 2.45) is 0 Å². The van der Waals surface area contributed by atoms with Gasteiger partial charge in [0.05, 0.1) is 5.60 Å². The summed E-state index contributed by atoms with van der Waals surface area (Å²) < 4.78 is 14.5. The van der Waals surface area contributed by atoms with Gasteiger partial charge >= 0.3 is 0 Å². The second kappa shape index (κ2) is 6.89. The minimum Gasteiger partial charge on any atom is -0.385 e. The van der Waals surface area contributed by atoms with Crippen molar-refractivity contribution >= 4 is 11.0 Å². The first-order valence-electron chi connectivity index (χ1n) is 11.0. The molecular weight excluding hydrogens is 377 g/mol. The summed E-state index contributed by atoms with van der Waals surface area (Å²) in [6.45, 7) is 7.51. The Kier molecular flexibility index (Phi) is 4.53. The molecule has 2 N–H and O–H groups in total. The number of aromatic nitrogens is 2. The molecule has 1 unspecified atom stereocenters. The van der Waals surface area contributed by atoms with Gasteiger partial charge in [-0.25, -0.2) is 9.37 Å². The summed E-state index contributed by atoms with van der Waals surface area (Å²) in [7, 11) is 0. The van der Waals surface area contributed by atoms with Crippen molar-refractivity contribution in [3.63, 3.8) is 0 Å². The number of hydrogen-bond donors (Lipinski definition) is 2. The molecule has 0 saturated carbocycles. The highest BCUT2D eigenvalue weighted by Crippen LogP contribution is 2.47. The first-order chi connectivity index (χ1) is 14.3. The van der Waals surface area contributed by atoms with Gasteiger partial charge < -0.3 is 10.1 Å². The molecule has 5 rings (SSSR count). The molecule has 3 aromatic rings. The number of piperidine rings is 1. The number of fused-ring (bicyclic) bond motifs is 3. The molecule has 0 radical (unpaired) electrons. The summed E-state index contributed by atoms with van der Waals surface area (Å²) in [5.74, 6) is -0.300. The minimum atomic E-state index is -1.08. The monoisotopic (exact) mass is 407 g/mol. The maximum atomic E-state index is 14.5. The van der Waals surface area contributed by atoms with Gasteiger partial charge in [0.2, 0.25) is 0 Å². The average Bonchev–Trinajstić information content (AvgIpc) is 3.18. The van der Waals surface area contributed by atoms with E-state index in [1.807, 2.05) is 18.3 Å². The Morgan fingerprint density at radius 3 is 2.50 bits per heavy atom. The summed E-state index contributed by atoms with van der Waals surface area (Å²) in [6, 6.07) is 11.3. The molecule has 0 spiro atoms. The molecule has 0 aliphatic carbocycles. The van der Waals surface area contributed by atoms with Crippen molar-refractivity contribution in [1.82, 2.24) is 14.9 Å². The number of rotatable bonds is 3. The van der Waals surface area contributed by atoms with E-state index in [4.69, 9.17) is 0 Å². The minimum absolute atomic E-state index is 0.0151. The first-order valence-corrected chi connectivity index (χ1v) is 11.0. The van der Waals surface area contributed by atoms with E-state index < -0.39 is 5.60 Å². The third-order valence-electron chi connectivity index (χ3n) is 7.06. The quantitative estimate of drug-likeness (QED) is 0.641. The Hall–Kier alpha value is -2.24. The van der Waals surface area contributed by atoms with E-state index in [-0.39, 0.29) is 23.3 Å². The van der Waals surface area contributed by atoms with Crippen LogP contribution in [0.5, 0.6) is 0 Å². The van der Waals surface area contributed by atoms with Gasteiger partial charge in [-0.2, -0.15) is 0 Å². The highest BCUT2D eigenvalue weighted by molar-refractivity contribution is 5.81. The normalized spacial score (nSPS) is 27.1. The molecule has 2 aromatic heterocycles. The summed E-state index contributed by atoms with van der Waals surface area (Å²) in [5, 5.41) is 12.6. The molecule has 1 aromatic carbocycles. The van der Waals surface area contributed by atoms with Gasteiger partial charge in [0, 0.05) is 46.9 Å². The van der Waals surface area contributed by atoms with Crippen LogP contribution in [0.25, 0.3) is 11.0 Å². The Labute approximate surface area is 177 Å². The predicted octanol–water partition coefficient (Wildman–Crippen LogP) is 5.01. The van der Waals surface area contributed by atoms with Gasteiger partial charge in [-0.05, 0) is 49.4 Å². The van der Waals surface area contributed by atoms with Crippen molar-refractivity contribution < 1.29 is 9.50 Å². The molecule has 2 aliphatic rings. The van der Waals surface area contributed by atoms with Crippen LogP contribution in [0.1, 0.15) is 63.3 Å². The number of nitrogens with one attached hydrogen (secondary N) is 1. The molecule has 0 amide bonds. The number of halogens is 1. The maximum Gasteiger partial charge on any atom is 0.137 e. The third-order valence-corrected chi connectivity index (χ3v) is 7.06. The zero-order valence-electron chi connectivity index (χ0n) is 18.0. The number of benzene rings is 1. The smallest absolute Gasteiger partial charge is 0.137 e. The molecule has 4 nitrogen and oxygen atoms in total. The lowest BCUT2D eigenvalue weighted by atomic mass is 9.80. The Balaban J connectivity index is 1.48. The fourth-order valence-electron chi connectivity index (χ4n) is 5.70. The van der Waals surface area contributed by atoms with Crippen LogP contribution in [0.3, 0.4) is 0 Å². The zero-order chi connectivity index (χ0) is 21.1. The summed E-state index contributed by atoms with van der Waals surface area (Å²) in [5.41, 5.74) is 2.82. The van der Waals surface area contributed by atoms with E-state index in [9.17, 15) is 9.50 Å². The summed E-state index contributed by atoms with van der Waals surface area (Å²) in [6.07, 6.45) is 5.08. The lowest BCUT2D eigenvalue weighted by Crippen LogP contribution is -2.49. The van der Waals surface area contributed by atoms with Crippen molar-refractivity contribution in [2.45, 2.75) is 76.1 Å². The molecule has 2 saturated heterocycles. The maximum absolute atomic E-state index is 14.5. The number of pyridine rings is 1. The van der Waals surface area contributed by atoms with Crippen LogP contribution < -0.4 is 0 Å². The van der Waals surface area contributed by atoms with Crippen LogP contribution in [0.4, 0.5) is 4.39 Å². The number of nitrogens with zero attached hydrogens (tertiary/aromatic N) is 2. The van der Waals surface area contributed by atoms with Crippen LogP contribution in [0.2, 0.25) is 0 Å². The fraction of sp³-hybridized carbons (Fsp3) is 0.480. The molecule has 2 bridgehead atoms. The highest BCUT2D eigenvalue weighted by Gasteiger charge is 2.49. The standard InChI is InChI=1S/C25H30FN3O/c1-24(2,3)22-19(18-7-6-12-27-23(18)28-22)15-29-16-10-11-17(29)14-25(30,13-16)20-8-4-5-9-21(20)26/h4-9,12,16-17,30H,10-11,13-15H2,1-3H3,(H,27,28)/t16-,17+,25?. The number of H-pyrrole nitrogens is 1. The predicted molar refractivity (Wildman–Crippen MR) is 117 cm³/mol. The van der Waals surface area contributed by atoms with Crippen molar-refractivity contribution in [3.05, 3.63) is 65.2 Å². The molecule has 5 heteroatoms. The summed E-state index contributed by atoms with van der Waals surface area (Å²) >= 11 is 0. The van der Waals surface area contributed by atoms with E-state index in [1.54, 1.807) is 12.1 Å². The van der Waals surface area contributed by atoms with E-state index in [0.717, 1.165) is 25.0 Å². The molecule has 2 fully saturated rings. The second-order valence-corrected chi connectivity index (χ2v) is 10.1. The largest absolute Gasteiger partial charge is 0.385 e. The Bertz CT molecular complexity index is 1070. The van der Waals surface area contributed by atoms with Gasteiger partial charge in [-0.3, -0.25) is 4.90 Å². The summed E-state index contributed by atoms with van der Waals surface area (Å²) in [4.78, 5) is 10.6. The van der Waals surface area contributed by atoms with Crippen LogP contribution in [-0.4, -0.2) is 32.1 Å². The van der Waals surface area contributed by atoms with Gasteiger partial charge in [0.25, 0.3) is 0 Å². The van der Waals surface area contributed by atoms with Crippen molar-refractivity contribution in [3.8, 4) is 0 Å². The Morgan fingerprint density at radius 2 is 1.83 bits per heavy atom. The molecular formula is C25H30FN3O. The van der Waals surface area contributed by atoms with E-state index in [2.05, 4.69) is 41.7 Å². The van der Waals surface area contributed by atoms with Crippen LogP contribution in [0.15, 0.2) is 42.6 Å². The number of aromatic amines is 1.